The minimum Gasteiger partial charge on any atom is -0.479 e. The summed E-state index contributed by atoms with van der Waals surface area (Å²) in [6, 6.07) is 8.69. The van der Waals surface area contributed by atoms with Crippen molar-refractivity contribution in [2.24, 2.45) is 0 Å². The standard InChI is InChI=1S/C12H10FNO2/c13-11(12(15)16)3-1-2-9-4-6-10(8-14)7-5-9/h1-2,4-7,11H,3H2,(H,15,16)/b2-1+. The zero-order chi connectivity index (χ0) is 12.0. The predicted octanol–water partition coefficient (Wildman–Crippen LogP) is 2.38. The molecule has 0 aliphatic rings. The first kappa shape index (κ1) is 11.9. The molecular weight excluding hydrogens is 209 g/mol. The monoisotopic (exact) mass is 219 g/mol. The van der Waals surface area contributed by atoms with Crippen molar-refractivity contribution < 1.29 is 14.3 Å². The number of carboxylic acid groups (broad SMARTS) is 1. The number of carboxylic acids is 1. The fourth-order valence-electron chi connectivity index (χ4n) is 1.09. The number of halogens is 1. The van der Waals surface area contributed by atoms with Gasteiger partial charge >= 0.3 is 5.97 Å². The van der Waals surface area contributed by atoms with Crippen molar-refractivity contribution in [3.05, 3.63) is 41.5 Å². The van der Waals surface area contributed by atoms with Crippen LogP contribution in [0.1, 0.15) is 17.5 Å². The van der Waals surface area contributed by atoms with Gasteiger partial charge in [-0.3, -0.25) is 0 Å². The molecule has 0 amide bonds. The van der Waals surface area contributed by atoms with Crippen molar-refractivity contribution in [3.8, 4) is 6.07 Å². The van der Waals surface area contributed by atoms with Crippen LogP contribution in [0.4, 0.5) is 4.39 Å². The molecule has 0 fully saturated rings. The molecule has 0 spiro atoms. The molecular formula is C12H10FNO2. The lowest BCUT2D eigenvalue weighted by Gasteiger charge is -1.97. The molecule has 1 aromatic carbocycles. The molecule has 0 saturated heterocycles. The molecule has 3 nitrogen and oxygen atoms in total. The van der Waals surface area contributed by atoms with Crippen LogP contribution in [0.15, 0.2) is 30.3 Å². The van der Waals surface area contributed by atoms with Gasteiger partial charge in [0.1, 0.15) is 0 Å². The Hall–Kier alpha value is -2.15. The van der Waals surface area contributed by atoms with E-state index in [9.17, 15) is 9.18 Å². The van der Waals surface area contributed by atoms with Crippen molar-refractivity contribution in [1.29, 1.82) is 5.26 Å². The van der Waals surface area contributed by atoms with E-state index in [1.165, 1.54) is 6.08 Å². The molecule has 1 unspecified atom stereocenters. The Labute approximate surface area is 92.4 Å². The molecule has 1 atom stereocenters. The Balaban J connectivity index is 2.57. The average molecular weight is 219 g/mol. The molecule has 4 heteroatoms. The molecule has 1 aromatic rings. The summed E-state index contributed by atoms with van der Waals surface area (Å²) in [5, 5.41) is 16.9. The van der Waals surface area contributed by atoms with Crippen LogP contribution >= 0.6 is 0 Å². The fourth-order valence-corrected chi connectivity index (χ4v) is 1.09. The van der Waals surface area contributed by atoms with Crippen LogP contribution in [-0.4, -0.2) is 17.2 Å². The summed E-state index contributed by atoms with van der Waals surface area (Å²) in [7, 11) is 0. The Morgan fingerprint density at radius 2 is 2.12 bits per heavy atom. The fraction of sp³-hybridized carbons (Fsp3) is 0.167. The third kappa shape index (κ3) is 3.54. The van der Waals surface area contributed by atoms with E-state index in [4.69, 9.17) is 10.4 Å². The first-order valence-corrected chi connectivity index (χ1v) is 4.67. The molecule has 0 aliphatic carbocycles. The number of rotatable bonds is 4. The molecule has 0 aliphatic heterocycles. The van der Waals surface area contributed by atoms with Gasteiger partial charge in [-0.15, -0.1) is 0 Å². The summed E-state index contributed by atoms with van der Waals surface area (Å²) in [5.41, 5.74) is 1.35. The zero-order valence-corrected chi connectivity index (χ0v) is 8.43. The number of hydrogen-bond acceptors (Lipinski definition) is 2. The second-order valence-corrected chi connectivity index (χ2v) is 3.18. The van der Waals surface area contributed by atoms with Crippen molar-refractivity contribution in [1.82, 2.24) is 0 Å². The summed E-state index contributed by atoms with van der Waals surface area (Å²) >= 11 is 0. The maximum absolute atomic E-state index is 12.7. The minimum absolute atomic E-state index is 0.157. The van der Waals surface area contributed by atoms with Gasteiger partial charge in [-0.1, -0.05) is 24.3 Å². The SMILES string of the molecule is N#Cc1ccc(/C=C/CC(F)C(=O)O)cc1. The van der Waals surface area contributed by atoms with Gasteiger partial charge in [0, 0.05) is 6.42 Å². The number of nitriles is 1. The molecule has 0 radical (unpaired) electrons. The van der Waals surface area contributed by atoms with Crippen LogP contribution in [0.3, 0.4) is 0 Å². The molecule has 0 saturated carbocycles. The normalized spacial score (nSPS) is 12.2. The summed E-state index contributed by atoms with van der Waals surface area (Å²) < 4.78 is 12.7. The Morgan fingerprint density at radius 1 is 1.50 bits per heavy atom. The van der Waals surface area contributed by atoms with Crippen LogP contribution in [-0.2, 0) is 4.79 Å². The third-order valence-electron chi connectivity index (χ3n) is 1.96. The third-order valence-corrected chi connectivity index (χ3v) is 1.96. The molecule has 0 aromatic heterocycles. The summed E-state index contributed by atoms with van der Waals surface area (Å²) in [6.45, 7) is 0. The smallest absolute Gasteiger partial charge is 0.338 e. The van der Waals surface area contributed by atoms with Gasteiger partial charge in [0.2, 0.25) is 6.17 Å². The Kier molecular flexibility index (Phi) is 4.22. The van der Waals surface area contributed by atoms with E-state index >= 15 is 0 Å². The number of nitrogens with zero attached hydrogens (tertiary/aromatic N) is 1. The van der Waals surface area contributed by atoms with Crippen LogP contribution in [0.5, 0.6) is 0 Å². The Morgan fingerprint density at radius 3 is 2.62 bits per heavy atom. The number of carbonyl (C=O) groups is 1. The molecule has 0 heterocycles. The minimum atomic E-state index is -1.87. The van der Waals surface area contributed by atoms with Crippen molar-refractivity contribution in [2.75, 3.05) is 0 Å². The number of benzene rings is 1. The second kappa shape index (κ2) is 5.66. The maximum atomic E-state index is 12.7. The molecule has 1 rings (SSSR count). The lowest BCUT2D eigenvalue weighted by molar-refractivity contribution is -0.142. The van der Waals surface area contributed by atoms with Crippen LogP contribution < -0.4 is 0 Å². The number of aliphatic carboxylic acids is 1. The van der Waals surface area contributed by atoms with Gasteiger partial charge in [0.25, 0.3) is 0 Å². The molecule has 0 bridgehead atoms. The molecule has 82 valence electrons. The maximum Gasteiger partial charge on any atom is 0.338 e. The summed E-state index contributed by atoms with van der Waals surface area (Å²) in [6.07, 6.45) is 1.06. The molecule has 1 N–H and O–H groups in total. The molecule has 16 heavy (non-hydrogen) atoms. The highest BCUT2D eigenvalue weighted by molar-refractivity contribution is 5.72. The highest BCUT2D eigenvalue weighted by Crippen LogP contribution is 2.07. The summed E-state index contributed by atoms with van der Waals surface area (Å²) in [5.74, 6) is -1.45. The van der Waals surface area contributed by atoms with E-state index in [2.05, 4.69) is 0 Å². The first-order chi connectivity index (χ1) is 7.63. The number of hydrogen-bond donors (Lipinski definition) is 1. The van der Waals surface area contributed by atoms with Gasteiger partial charge in [0.05, 0.1) is 11.6 Å². The van der Waals surface area contributed by atoms with Crippen molar-refractivity contribution >= 4 is 12.0 Å². The zero-order valence-electron chi connectivity index (χ0n) is 8.43. The van der Waals surface area contributed by atoms with E-state index in [1.807, 2.05) is 6.07 Å². The number of allylic oxidation sites excluding steroid dienone is 1. The second-order valence-electron chi connectivity index (χ2n) is 3.18. The van der Waals surface area contributed by atoms with Crippen molar-refractivity contribution in [2.45, 2.75) is 12.6 Å². The van der Waals surface area contributed by atoms with E-state index in [1.54, 1.807) is 30.3 Å². The Bertz CT molecular complexity index is 431. The topological polar surface area (TPSA) is 61.1 Å². The van der Waals surface area contributed by atoms with Crippen LogP contribution in [0.2, 0.25) is 0 Å². The van der Waals surface area contributed by atoms with Crippen LogP contribution in [0.25, 0.3) is 6.08 Å². The van der Waals surface area contributed by atoms with Crippen molar-refractivity contribution in [3.63, 3.8) is 0 Å². The summed E-state index contributed by atoms with van der Waals surface area (Å²) in [4.78, 5) is 10.2. The average Bonchev–Trinajstić information content (AvgIpc) is 2.29. The van der Waals surface area contributed by atoms with Gasteiger partial charge in [-0.2, -0.15) is 5.26 Å². The lowest BCUT2D eigenvalue weighted by Crippen LogP contribution is -2.12. The lowest BCUT2D eigenvalue weighted by atomic mass is 10.1. The van der Waals surface area contributed by atoms with Crippen LogP contribution in [0, 0.1) is 11.3 Å². The highest BCUT2D eigenvalue weighted by atomic mass is 19.1. The van der Waals surface area contributed by atoms with Gasteiger partial charge in [-0.05, 0) is 17.7 Å². The van der Waals surface area contributed by atoms with E-state index < -0.39 is 12.1 Å². The van der Waals surface area contributed by atoms with Gasteiger partial charge < -0.3 is 5.11 Å². The highest BCUT2D eigenvalue weighted by Gasteiger charge is 2.12. The van der Waals surface area contributed by atoms with Gasteiger partial charge in [0.15, 0.2) is 0 Å². The van der Waals surface area contributed by atoms with E-state index in [-0.39, 0.29) is 6.42 Å². The quantitative estimate of drug-likeness (QED) is 0.845. The van der Waals surface area contributed by atoms with E-state index in [0.29, 0.717) is 5.56 Å². The van der Waals surface area contributed by atoms with Gasteiger partial charge in [-0.25, -0.2) is 9.18 Å². The first-order valence-electron chi connectivity index (χ1n) is 4.67. The van der Waals surface area contributed by atoms with E-state index in [0.717, 1.165) is 5.56 Å². The largest absolute Gasteiger partial charge is 0.479 e. The predicted molar refractivity (Wildman–Crippen MR) is 57.3 cm³/mol. The number of alkyl halides is 1.